The molecule has 0 saturated heterocycles. The molecule has 0 saturated carbocycles. The maximum absolute atomic E-state index is 13.1. The van der Waals surface area contributed by atoms with Crippen LogP contribution >= 0.6 is 24.0 Å². The van der Waals surface area contributed by atoms with Gasteiger partial charge in [0.05, 0.1) is 30.9 Å². The number of carboxylic acids is 1. The van der Waals surface area contributed by atoms with Crippen molar-refractivity contribution in [3.63, 3.8) is 0 Å². The summed E-state index contributed by atoms with van der Waals surface area (Å²) in [5.41, 5.74) is 6.19. The Kier molecular flexibility index (Phi) is 17.3. The summed E-state index contributed by atoms with van der Waals surface area (Å²) in [6.07, 6.45) is -0.0340. The second kappa shape index (κ2) is 18.3. The van der Waals surface area contributed by atoms with Gasteiger partial charge in [0.2, 0.25) is 16.2 Å². The first-order valence-electron chi connectivity index (χ1n) is 11.6. The first kappa shape index (κ1) is 35.9. The molecule has 206 valence electrons. The van der Waals surface area contributed by atoms with Crippen LogP contribution in [-0.2, 0) is 35.1 Å². The van der Waals surface area contributed by atoms with Gasteiger partial charge >= 0.3 is 35.5 Å². The normalized spacial score (nSPS) is 13.7. The molecular weight excluding hydrogens is 547 g/mol. The number of hydrogen-bond acceptors (Lipinski definition) is 11. The van der Waals surface area contributed by atoms with E-state index >= 15 is 0 Å². The number of primary amides is 1. The van der Waals surface area contributed by atoms with Gasteiger partial charge in [-0.05, 0) is 62.5 Å². The van der Waals surface area contributed by atoms with Gasteiger partial charge in [-0.15, -0.1) is 0 Å². The number of carboxylic acid groups (broad SMARTS) is 1. The minimum Gasteiger partial charge on any atom is -0.549 e. The van der Waals surface area contributed by atoms with Crippen molar-refractivity contribution >= 4 is 52.1 Å². The Morgan fingerprint density at radius 2 is 1.79 bits per heavy atom. The molecule has 1 aromatic carbocycles. The number of rotatable bonds is 15. The number of thiocarbonyl (C=S) groups is 1. The van der Waals surface area contributed by atoms with Crippen molar-refractivity contribution in [1.29, 1.82) is 0 Å². The zero-order chi connectivity index (χ0) is 28.1. The molecule has 4 unspecified atom stereocenters. The predicted octanol–water partition coefficient (Wildman–Crippen LogP) is -2.37. The molecule has 2 amide bonds. The van der Waals surface area contributed by atoms with Crippen molar-refractivity contribution in [3.05, 3.63) is 23.8 Å². The van der Waals surface area contributed by atoms with Gasteiger partial charge in [0.25, 0.3) is 0 Å². The molecule has 0 aliphatic heterocycles. The first-order valence-corrected chi connectivity index (χ1v) is 12.9. The number of amides is 2. The third-order valence-corrected chi connectivity index (χ3v) is 6.98. The van der Waals surface area contributed by atoms with Crippen molar-refractivity contribution in [1.82, 2.24) is 5.32 Å². The number of benzene rings is 1. The van der Waals surface area contributed by atoms with Gasteiger partial charge in [-0.2, -0.15) is 0 Å². The molecule has 1 rings (SSSR count). The molecule has 4 atom stereocenters. The second-order valence-corrected chi connectivity index (χ2v) is 10.2. The number of aromatic hydroxyl groups is 2. The summed E-state index contributed by atoms with van der Waals surface area (Å²) in [7, 11) is 1.21. The van der Waals surface area contributed by atoms with Gasteiger partial charge in [0.15, 0.2) is 11.5 Å². The summed E-state index contributed by atoms with van der Waals surface area (Å²) in [6.45, 7) is 3.60. The fraction of sp³-hybridized carbons (Fsp3) is 0.542. The van der Waals surface area contributed by atoms with Crippen LogP contribution in [0.2, 0.25) is 0 Å². The molecule has 14 heteroatoms. The third kappa shape index (κ3) is 12.7. The maximum atomic E-state index is 13.1. The Labute approximate surface area is 253 Å². The number of ether oxygens (including phenoxy) is 2. The molecule has 38 heavy (non-hydrogen) atoms. The monoisotopic (exact) mass is 580 g/mol. The van der Waals surface area contributed by atoms with E-state index in [1.54, 1.807) is 19.9 Å². The number of aliphatic carboxylic acids is 1. The zero-order valence-electron chi connectivity index (χ0n) is 21.9. The summed E-state index contributed by atoms with van der Waals surface area (Å²) in [5.74, 6) is -6.43. The summed E-state index contributed by atoms with van der Waals surface area (Å²) >= 11 is 5.75. The van der Waals surface area contributed by atoms with Crippen molar-refractivity contribution in [2.75, 3.05) is 20.3 Å². The molecule has 0 heterocycles. The van der Waals surface area contributed by atoms with Crippen LogP contribution in [0.15, 0.2) is 18.2 Å². The topological polar surface area (TPSA) is 188 Å². The Morgan fingerprint density at radius 3 is 2.32 bits per heavy atom. The SMILES string of the molecule is CCOC(=S)SC(CC(CC(CC(C)C(=O)OC)C(N)=O)C(=O)NCCc1ccc(O)c(O)c1)C(=O)[O-].[Na+]. The van der Waals surface area contributed by atoms with E-state index in [1.807, 2.05) is 0 Å². The molecule has 0 aromatic heterocycles. The number of hydrogen-bond donors (Lipinski definition) is 4. The van der Waals surface area contributed by atoms with Gasteiger partial charge in [-0.25, -0.2) is 0 Å². The number of carbonyl (C=O) groups is 4. The Balaban J connectivity index is 0.0000137. The Hall–Kier alpha value is -2.06. The zero-order valence-corrected chi connectivity index (χ0v) is 25.6. The summed E-state index contributed by atoms with van der Waals surface area (Å²) < 4.78 is 9.82. The standard InChI is InChI=1S/C24H34N2O9S2.Na/c1-4-35-24(36)37-19(22(31)32)12-16(11-15(20(25)29)9-13(2)23(33)34-3)21(30)26-8-7-14-5-6-17(27)18(28)10-14;/h5-6,10,13,15-16,19,27-28H,4,7-9,11-12H2,1-3H3,(H2,25,29)(H,26,30)(H,31,32);/q;+1/p-1. The van der Waals surface area contributed by atoms with Crippen molar-refractivity contribution in [3.8, 4) is 11.5 Å². The van der Waals surface area contributed by atoms with Gasteiger partial charge in [-0.1, -0.05) is 24.8 Å². The van der Waals surface area contributed by atoms with E-state index in [9.17, 15) is 34.5 Å². The molecular formula is C24H33N2NaO9S2. The number of methoxy groups -OCH3 is 1. The van der Waals surface area contributed by atoms with E-state index in [-0.39, 0.29) is 77.9 Å². The van der Waals surface area contributed by atoms with E-state index in [0.717, 1.165) is 11.8 Å². The maximum Gasteiger partial charge on any atom is 1.00 e. The van der Waals surface area contributed by atoms with Gasteiger partial charge in [-0.3, -0.25) is 14.4 Å². The smallest absolute Gasteiger partial charge is 0.549 e. The summed E-state index contributed by atoms with van der Waals surface area (Å²) in [5, 5.41) is 32.3. The molecule has 0 spiro atoms. The predicted molar refractivity (Wildman–Crippen MR) is 138 cm³/mol. The third-order valence-electron chi connectivity index (χ3n) is 5.60. The number of phenols is 2. The minimum absolute atomic E-state index is 0. The molecule has 5 N–H and O–H groups in total. The Morgan fingerprint density at radius 1 is 1.13 bits per heavy atom. The quantitative estimate of drug-likeness (QED) is 0.0751. The van der Waals surface area contributed by atoms with E-state index < -0.39 is 46.8 Å². The van der Waals surface area contributed by atoms with Crippen molar-refractivity contribution in [2.45, 2.75) is 44.8 Å². The molecule has 0 fully saturated rings. The van der Waals surface area contributed by atoms with Crippen LogP contribution in [0.3, 0.4) is 0 Å². The number of nitrogens with two attached hydrogens (primary N) is 1. The largest absolute Gasteiger partial charge is 1.00 e. The van der Waals surface area contributed by atoms with E-state index in [2.05, 4.69) is 5.32 Å². The molecule has 1 aromatic rings. The van der Waals surface area contributed by atoms with Crippen molar-refractivity contribution < 1.29 is 73.5 Å². The number of nitrogens with one attached hydrogen (secondary N) is 1. The van der Waals surface area contributed by atoms with Crippen LogP contribution in [0.4, 0.5) is 0 Å². The van der Waals surface area contributed by atoms with Gasteiger partial charge in [0.1, 0.15) is 0 Å². The van der Waals surface area contributed by atoms with Crippen LogP contribution in [0.5, 0.6) is 11.5 Å². The number of phenolic OH excluding ortho intramolecular Hbond substituents is 2. The molecule has 0 bridgehead atoms. The Bertz CT molecular complexity index is 980. The number of esters is 1. The van der Waals surface area contributed by atoms with Crippen molar-refractivity contribution in [2.24, 2.45) is 23.5 Å². The average Bonchev–Trinajstić information content (AvgIpc) is 2.83. The fourth-order valence-electron chi connectivity index (χ4n) is 3.62. The second-order valence-electron chi connectivity index (χ2n) is 8.40. The number of carbonyl (C=O) groups excluding carboxylic acids is 4. The molecule has 11 nitrogen and oxygen atoms in total. The fourth-order valence-corrected chi connectivity index (χ4v) is 4.93. The first-order chi connectivity index (χ1) is 17.4. The van der Waals surface area contributed by atoms with E-state index in [0.29, 0.717) is 12.0 Å². The van der Waals surface area contributed by atoms with E-state index in [4.69, 9.17) is 27.4 Å². The molecule has 0 aliphatic rings. The van der Waals surface area contributed by atoms with Crippen LogP contribution in [0.1, 0.15) is 38.7 Å². The summed E-state index contributed by atoms with van der Waals surface area (Å²) in [6, 6.07) is 4.25. The average molecular weight is 581 g/mol. The summed E-state index contributed by atoms with van der Waals surface area (Å²) in [4.78, 5) is 49.0. The van der Waals surface area contributed by atoms with Crippen LogP contribution in [-0.4, -0.2) is 63.9 Å². The van der Waals surface area contributed by atoms with E-state index in [1.165, 1.54) is 19.2 Å². The minimum atomic E-state index is -1.46. The van der Waals surface area contributed by atoms with Gasteiger partial charge < -0.3 is 40.6 Å². The van der Waals surface area contributed by atoms with Crippen LogP contribution in [0, 0.1) is 17.8 Å². The molecule has 0 aliphatic carbocycles. The molecule has 0 radical (unpaired) electrons. The van der Waals surface area contributed by atoms with Gasteiger partial charge in [0, 0.05) is 18.4 Å². The van der Waals surface area contributed by atoms with Crippen LogP contribution in [0.25, 0.3) is 0 Å². The number of thioether (sulfide) groups is 1. The van der Waals surface area contributed by atoms with Crippen LogP contribution < -0.4 is 45.7 Å².